The van der Waals surface area contributed by atoms with Crippen molar-refractivity contribution < 1.29 is 9.53 Å². The predicted molar refractivity (Wildman–Crippen MR) is 112 cm³/mol. The molecule has 3 N–H and O–H groups in total. The molecule has 2 aromatic rings. The van der Waals surface area contributed by atoms with E-state index in [4.69, 9.17) is 10.5 Å². The van der Waals surface area contributed by atoms with Crippen molar-refractivity contribution >= 4 is 36.4 Å². The zero-order valence-corrected chi connectivity index (χ0v) is 16.7. The van der Waals surface area contributed by atoms with E-state index < -0.39 is 6.04 Å². The molecule has 1 amide bonds. The molecule has 26 heavy (non-hydrogen) atoms. The Kier molecular flexibility index (Phi) is 11.7. The van der Waals surface area contributed by atoms with Gasteiger partial charge in [-0.15, -0.1) is 24.8 Å². The van der Waals surface area contributed by atoms with E-state index in [1.54, 1.807) is 0 Å². The highest BCUT2D eigenvalue weighted by Gasteiger charge is 2.14. The van der Waals surface area contributed by atoms with Crippen molar-refractivity contribution in [2.45, 2.75) is 12.5 Å². The average molecular weight is 400 g/mol. The number of anilines is 1. The summed E-state index contributed by atoms with van der Waals surface area (Å²) in [6, 6.07) is 16.5. The fraction of sp³-hybridized carbons (Fsp3) is 0.316. The molecule has 2 aromatic carbocycles. The molecule has 0 saturated heterocycles. The summed E-state index contributed by atoms with van der Waals surface area (Å²) in [6.45, 7) is 1.43. The van der Waals surface area contributed by atoms with Crippen molar-refractivity contribution in [3.8, 4) is 5.75 Å². The van der Waals surface area contributed by atoms with Gasteiger partial charge in [0, 0.05) is 18.3 Å². The number of benzene rings is 2. The first kappa shape index (κ1) is 24.2. The fourth-order valence-corrected chi connectivity index (χ4v) is 2.21. The van der Waals surface area contributed by atoms with E-state index in [9.17, 15) is 4.79 Å². The number of hydrogen-bond donors (Lipinski definition) is 2. The van der Waals surface area contributed by atoms with Crippen LogP contribution < -0.4 is 15.8 Å². The number of amides is 1. The summed E-state index contributed by atoms with van der Waals surface area (Å²) in [5, 5.41) is 2.85. The van der Waals surface area contributed by atoms with Crippen LogP contribution in [0.1, 0.15) is 5.56 Å². The monoisotopic (exact) mass is 399 g/mol. The first-order valence-corrected chi connectivity index (χ1v) is 8.02. The number of ether oxygens (including phenoxy) is 1. The summed E-state index contributed by atoms with van der Waals surface area (Å²) in [7, 11) is 3.99. The second kappa shape index (κ2) is 12.5. The van der Waals surface area contributed by atoms with Crippen LogP contribution in [0.2, 0.25) is 0 Å². The molecule has 7 heteroatoms. The first-order valence-electron chi connectivity index (χ1n) is 8.02. The molecule has 0 heterocycles. The van der Waals surface area contributed by atoms with Crippen molar-refractivity contribution in [1.82, 2.24) is 4.90 Å². The lowest BCUT2D eigenvalue weighted by atomic mass is 10.1. The third kappa shape index (κ3) is 8.54. The summed E-state index contributed by atoms with van der Waals surface area (Å²) in [6.07, 6.45) is 0.506. The highest BCUT2D eigenvalue weighted by Crippen LogP contribution is 2.17. The SMILES string of the molecule is CN(C)CCOc1cccc(NC(=O)C(N)Cc2ccccc2)c1.Cl.Cl. The van der Waals surface area contributed by atoms with E-state index in [1.807, 2.05) is 73.6 Å². The molecule has 0 aliphatic rings. The predicted octanol–water partition coefficient (Wildman–Crippen LogP) is 2.98. The summed E-state index contributed by atoms with van der Waals surface area (Å²) in [4.78, 5) is 14.3. The molecule has 0 bridgehead atoms. The van der Waals surface area contributed by atoms with Gasteiger partial charge in [-0.1, -0.05) is 36.4 Å². The number of nitrogens with one attached hydrogen (secondary N) is 1. The summed E-state index contributed by atoms with van der Waals surface area (Å²) in [5.74, 6) is 0.524. The van der Waals surface area contributed by atoms with Gasteiger partial charge in [0.05, 0.1) is 6.04 Å². The lowest BCUT2D eigenvalue weighted by Gasteiger charge is -2.14. The highest BCUT2D eigenvalue weighted by atomic mass is 35.5. The number of halogens is 2. The Morgan fingerprint density at radius 3 is 2.46 bits per heavy atom. The minimum Gasteiger partial charge on any atom is -0.492 e. The maximum Gasteiger partial charge on any atom is 0.241 e. The number of nitrogens with zero attached hydrogens (tertiary/aromatic N) is 1. The number of carbonyl (C=O) groups excluding carboxylic acids is 1. The Labute approximate surface area is 167 Å². The minimum atomic E-state index is -0.592. The maximum absolute atomic E-state index is 12.2. The molecule has 2 rings (SSSR count). The van der Waals surface area contributed by atoms with Crippen LogP contribution in [-0.2, 0) is 11.2 Å². The molecular formula is C19H27Cl2N3O2. The standard InChI is InChI=1S/C19H25N3O2.2ClH/c1-22(2)11-12-24-17-10-6-9-16(14-17)21-19(23)18(20)13-15-7-4-3-5-8-15;;/h3-10,14,18H,11-13,20H2,1-2H3,(H,21,23);2*1H. The summed E-state index contributed by atoms with van der Waals surface area (Å²) < 4.78 is 5.67. The molecule has 0 saturated carbocycles. The fourth-order valence-electron chi connectivity index (χ4n) is 2.21. The molecule has 144 valence electrons. The van der Waals surface area contributed by atoms with Crippen LogP contribution in [0.3, 0.4) is 0 Å². The van der Waals surface area contributed by atoms with Gasteiger partial charge in [-0.05, 0) is 38.2 Å². The molecule has 0 aliphatic carbocycles. The van der Waals surface area contributed by atoms with Gasteiger partial charge < -0.3 is 20.7 Å². The summed E-state index contributed by atoms with van der Waals surface area (Å²) in [5.41, 5.74) is 7.73. The van der Waals surface area contributed by atoms with E-state index in [1.165, 1.54) is 0 Å². The first-order chi connectivity index (χ1) is 11.5. The molecule has 0 spiro atoms. The van der Waals surface area contributed by atoms with Crippen molar-refractivity contribution in [3.05, 3.63) is 60.2 Å². The second-order valence-corrected chi connectivity index (χ2v) is 5.97. The van der Waals surface area contributed by atoms with Crippen molar-refractivity contribution in [2.24, 2.45) is 5.73 Å². The zero-order valence-electron chi connectivity index (χ0n) is 15.1. The second-order valence-electron chi connectivity index (χ2n) is 5.97. The van der Waals surface area contributed by atoms with Gasteiger partial charge in [0.2, 0.25) is 5.91 Å². The van der Waals surface area contributed by atoms with Crippen LogP contribution in [-0.4, -0.2) is 44.1 Å². The zero-order chi connectivity index (χ0) is 17.4. The lowest BCUT2D eigenvalue weighted by Crippen LogP contribution is -2.37. The van der Waals surface area contributed by atoms with Gasteiger partial charge >= 0.3 is 0 Å². The molecule has 0 aromatic heterocycles. The van der Waals surface area contributed by atoms with E-state index in [-0.39, 0.29) is 30.7 Å². The van der Waals surface area contributed by atoms with Gasteiger partial charge in [-0.25, -0.2) is 0 Å². The maximum atomic E-state index is 12.2. The van der Waals surface area contributed by atoms with Crippen molar-refractivity contribution in [3.63, 3.8) is 0 Å². The highest BCUT2D eigenvalue weighted by molar-refractivity contribution is 5.95. The minimum absolute atomic E-state index is 0. The van der Waals surface area contributed by atoms with Crippen LogP contribution >= 0.6 is 24.8 Å². The van der Waals surface area contributed by atoms with Gasteiger partial charge in [0.15, 0.2) is 0 Å². The van der Waals surface area contributed by atoms with E-state index in [0.717, 1.165) is 17.9 Å². The van der Waals surface area contributed by atoms with E-state index in [2.05, 4.69) is 5.32 Å². The van der Waals surface area contributed by atoms with Crippen LogP contribution in [0.15, 0.2) is 54.6 Å². The van der Waals surface area contributed by atoms with Crippen molar-refractivity contribution in [1.29, 1.82) is 0 Å². The van der Waals surface area contributed by atoms with Crippen molar-refractivity contribution in [2.75, 3.05) is 32.6 Å². The molecular weight excluding hydrogens is 373 g/mol. The topological polar surface area (TPSA) is 67.6 Å². The van der Waals surface area contributed by atoms with Gasteiger partial charge in [0.25, 0.3) is 0 Å². The largest absolute Gasteiger partial charge is 0.492 e. The number of hydrogen-bond acceptors (Lipinski definition) is 4. The van der Waals surface area contributed by atoms with Crippen LogP contribution in [0.4, 0.5) is 5.69 Å². The van der Waals surface area contributed by atoms with Gasteiger partial charge in [-0.3, -0.25) is 4.79 Å². The quantitative estimate of drug-likeness (QED) is 0.715. The van der Waals surface area contributed by atoms with Gasteiger partial charge in [0.1, 0.15) is 12.4 Å². The third-order valence-electron chi connectivity index (χ3n) is 3.54. The van der Waals surface area contributed by atoms with Crippen LogP contribution in [0.5, 0.6) is 5.75 Å². The Bertz CT molecular complexity index is 654. The number of carbonyl (C=O) groups is 1. The van der Waals surface area contributed by atoms with Crippen LogP contribution in [0, 0.1) is 0 Å². The Hall–Kier alpha value is -1.79. The molecule has 0 radical (unpaired) electrons. The van der Waals surface area contributed by atoms with Crippen LogP contribution in [0.25, 0.3) is 0 Å². The Balaban J connectivity index is 0.00000312. The summed E-state index contributed by atoms with van der Waals surface area (Å²) >= 11 is 0. The molecule has 1 unspecified atom stereocenters. The number of rotatable bonds is 8. The molecule has 0 fully saturated rings. The molecule has 1 atom stereocenters. The lowest BCUT2D eigenvalue weighted by molar-refractivity contribution is -0.117. The van der Waals surface area contributed by atoms with E-state index in [0.29, 0.717) is 18.7 Å². The molecule has 0 aliphatic heterocycles. The third-order valence-corrected chi connectivity index (χ3v) is 3.54. The Morgan fingerprint density at radius 1 is 1.12 bits per heavy atom. The van der Waals surface area contributed by atoms with E-state index >= 15 is 0 Å². The smallest absolute Gasteiger partial charge is 0.241 e. The van der Waals surface area contributed by atoms with Gasteiger partial charge in [-0.2, -0.15) is 0 Å². The normalized spacial score (nSPS) is 11.1. The molecule has 5 nitrogen and oxygen atoms in total. The Morgan fingerprint density at radius 2 is 1.81 bits per heavy atom. The number of nitrogens with two attached hydrogens (primary N) is 1. The average Bonchev–Trinajstić information content (AvgIpc) is 2.55. The number of likely N-dealkylation sites (N-methyl/N-ethyl adjacent to an activating group) is 1.